The van der Waals surface area contributed by atoms with Crippen molar-refractivity contribution in [3.8, 4) is 28.0 Å². The molecule has 36 heavy (non-hydrogen) atoms. The molecule has 0 fully saturated rings. The van der Waals surface area contributed by atoms with Gasteiger partial charge in [0.05, 0.1) is 0 Å². The third-order valence-electron chi connectivity index (χ3n) is 6.24. The number of rotatable bonds is 13. The molecule has 0 amide bonds. The Kier molecular flexibility index (Phi) is 10.3. The van der Waals surface area contributed by atoms with Crippen molar-refractivity contribution in [2.45, 2.75) is 52.9 Å². The van der Waals surface area contributed by atoms with Crippen LogP contribution in [0.15, 0.2) is 72.8 Å². The van der Waals surface area contributed by atoms with E-state index in [-0.39, 0.29) is 19.8 Å². The molecule has 0 radical (unpaired) electrons. The van der Waals surface area contributed by atoms with E-state index in [9.17, 15) is 9.90 Å². The Hall–Kier alpha value is -3.37. The fourth-order valence-electron chi connectivity index (χ4n) is 4.23. The molecule has 0 spiro atoms. The van der Waals surface area contributed by atoms with E-state index >= 15 is 0 Å². The summed E-state index contributed by atoms with van der Waals surface area (Å²) in [5.41, 5.74) is 8.47. The van der Waals surface area contributed by atoms with Gasteiger partial charge in [-0.15, -0.1) is 0 Å². The summed E-state index contributed by atoms with van der Waals surface area (Å²) in [5.74, 6) is 0.278. The quantitative estimate of drug-likeness (QED) is 0.159. The summed E-state index contributed by atoms with van der Waals surface area (Å²) in [6.45, 7) is 10.1. The first-order valence-electron chi connectivity index (χ1n) is 12.8. The second-order valence-electron chi connectivity index (χ2n) is 9.25. The van der Waals surface area contributed by atoms with Gasteiger partial charge in [0.2, 0.25) is 0 Å². The highest BCUT2D eigenvalue weighted by Crippen LogP contribution is 2.33. The summed E-state index contributed by atoms with van der Waals surface area (Å²) in [4.78, 5) is 11.6. The maximum Gasteiger partial charge on any atom is 0.333 e. The van der Waals surface area contributed by atoms with Gasteiger partial charge in [-0.05, 0) is 72.6 Å². The maximum absolute atomic E-state index is 11.6. The van der Waals surface area contributed by atoms with Gasteiger partial charge in [0.1, 0.15) is 19.0 Å². The molecule has 3 aromatic carbocycles. The van der Waals surface area contributed by atoms with Crippen LogP contribution >= 0.6 is 0 Å². The van der Waals surface area contributed by atoms with E-state index in [1.54, 1.807) is 6.92 Å². The number of aliphatic hydroxyl groups excluding tert-OH is 1. The van der Waals surface area contributed by atoms with Crippen LogP contribution in [-0.2, 0) is 22.4 Å². The molecule has 0 bridgehead atoms. The predicted octanol–water partition coefficient (Wildman–Crippen LogP) is 7.09. The molecule has 190 valence electrons. The Bertz CT molecular complexity index is 1160. The van der Waals surface area contributed by atoms with Crippen LogP contribution in [0, 0.1) is 6.92 Å². The Labute approximate surface area is 215 Å². The maximum atomic E-state index is 11.6. The second-order valence-corrected chi connectivity index (χ2v) is 9.25. The number of hydrogen-bond donors (Lipinski definition) is 1. The van der Waals surface area contributed by atoms with Crippen LogP contribution in [-0.4, -0.2) is 30.9 Å². The molecule has 3 aromatic rings. The summed E-state index contributed by atoms with van der Waals surface area (Å²) in [6, 6.07) is 21.3. The third-order valence-corrected chi connectivity index (χ3v) is 6.24. The molecule has 4 heteroatoms. The van der Waals surface area contributed by atoms with Crippen LogP contribution in [0.5, 0.6) is 5.75 Å². The smallest absolute Gasteiger partial charge is 0.333 e. The van der Waals surface area contributed by atoms with Crippen LogP contribution < -0.4 is 4.74 Å². The van der Waals surface area contributed by atoms with Crippen LogP contribution in [0.2, 0.25) is 0 Å². The molecule has 4 nitrogen and oxygen atoms in total. The first-order valence-corrected chi connectivity index (χ1v) is 12.8. The molecule has 1 N–H and O–H groups in total. The van der Waals surface area contributed by atoms with Crippen molar-refractivity contribution >= 4 is 5.97 Å². The average Bonchev–Trinajstić information content (AvgIpc) is 2.87. The highest BCUT2D eigenvalue weighted by Gasteiger charge is 2.11. The normalized spacial score (nSPS) is 10.8. The number of benzene rings is 3. The van der Waals surface area contributed by atoms with Crippen LogP contribution in [0.4, 0.5) is 0 Å². The zero-order valence-electron chi connectivity index (χ0n) is 21.8. The Morgan fingerprint density at radius 2 is 1.50 bits per heavy atom. The molecule has 0 aliphatic heterocycles. The van der Waals surface area contributed by atoms with Crippen molar-refractivity contribution in [1.29, 1.82) is 0 Å². The first kappa shape index (κ1) is 27.2. The number of ether oxygens (including phenoxy) is 2. The molecule has 0 aliphatic rings. The summed E-state index contributed by atoms with van der Waals surface area (Å²) in [7, 11) is 0. The highest BCUT2D eigenvalue weighted by molar-refractivity contribution is 5.86. The van der Waals surface area contributed by atoms with E-state index in [0.717, 1.165) is 23.1 Å². The molecule has 0 saturated heterocycles. The molecule has 0 heterocycles. The standard InChI is InChI=1S/C32H38O4/c1-5-6-7-8-25-9-15-29(24(4)21-25)27-11-13-28(14-12-27)30-16-10-26(17-18-33)22-31(30)35-19-20-36-32(34)23(2)3/h9-16,21-22,33H,2,5-8,17-20H2,1,3-4H3. The molecular formula is C32H38O4. The van der Waals surface area contributed by atoms with Crippen LogP contribution in [0.1, 0.15) is 49.8 Å². The largest absolute Gasteiger partial charge is 0.489 e. The minimum Gasteiger partial charge on any atom is -0.489 e. The first-order chi connectivity index (χ1) is 17.4. The zero-order valence-corrected chi connectivity index (χ0v) is 21.8. The molecule has 3 rings (SSSR count). The van der Waals surface area contributed by atoms with Gasteiger partial charge in [-0.25, -0.2) is 4.79 Å². The number of carbonyl (C=O) groups is 1. The molecule has 0 aliphatic carbocycles. The lowest BCUT2D eigenvalue weighted by atomic mass is 9.94. The molecule has 0 unspecified atom stereocenters. The number of unbranched alkanes of at least 4 members (excludes halogenated alkanes) is 2. The Morgan fingerprint density at radius 3 is 2.11 bits per heavy atom. The monoisotopic (exact) mass is 486 g/mol. The van der Waals surface area contributed by atoms with Crippen LogP contribution in [0.3, 0.4) is 0 Å². The van der Waals surface area contributed by atoms with E-state index < -0.39 is 5.97 Å². The topological polar surface area (TPSA) is 55.8 Å². The molecule has 0 atom stereocenters. The van der Waals surface area contributed by atoms with E-state index in [0.29, 0.717) is 17.7 Å². The number of aryl methyl sites for hydroxylation is 2. The van der Waals surface area contributed by atoms with Crippen molar-refractivity contribution in [2.75, 3.05) is 19.8 Å². The van der Waals surface area contributed by atoms with Gasteiger partial charge in [0.15, 0.2) is 0 Å². The van der Waals surface area contributed by atoms with Crippen molar-refractivity contribution in [2.24, 2.45) is 0 Å². The van der Waals surface area contributed by atoms with E-state index in [1.807, 2.05) is 18.2 Å². The van der Waals surface area contributed by atoms with Crippen LogP contribution in [0.25, 0.3) is 22.3 Å². The number of hydrogen-bond acceptors (Lipinski definition) is 4. The van der Waals surface area contributed by atoms with Gasteiger partial charge in [0.25, 0.3) is 0 Å². The van der Waals surface area contributed by atoms with Crippen molar-refractivity contribution in [3.05, 3.63) is 89.5 Å². The highest BCUT2D eigenvalue weighted by atomic mass is 16.6. The minimum absolute atomic E-state index is 0.0699. The third kappa shape index (κ3) is 7.56. The van der Waals surface area contributed by atoms with E-state index in [4.69, 9.17) is 9.47 Å². The van der Waals surface area contributed by atoms with Gasteiger partial charge in [-0.3, -0.25) is 0 Å². The van der Waals surface area contributed by atoms with Gasteiger partial charge in [0, 0.05) is 17.7 Å². The fourth-order valence-corrected chi connectivity index (χ4v) is 4.23. The predicted molar refractivity (Wildman–Crippen MR) is 147 cm³/mol. The molecular weight excluding hydrogens is 448 g/mol. The lowest BCUT2D eigenvalue weighted by molar-refractivity contribution is -0.139. The Balaban J connectivity index is 1.77. The lowest BCUT2D eigenvalue weighted by Gasteiger charge is -2.15. The summed E-state index contributed by atoms with van der Waals surface area (Å²) in [6.07, 6.45) is 5.43. The summed E-state index contributed by atoms with van der Waals surface area (Å²) in [5, 5.41) is 9.35. The number of carbonyl (C=O) groups excluding carboxylic acids is 1. The van der Waals surface area contributed by atoms with E-state index in [2.05, 4.69) is 62.9 Å². The van der Waals surface area contributed by atoms with Gasteiger partial charge < -0.3 is 14.6 Å². The number of esters is 1. The fraction of sp³-hybridized carbons (Fsp3) is 0.344. The zero-order chi connectivity index (χ0) is 25.9. The van der Waals surface area contributed by atoms with E-state index in [1.165, 1.54) is 41.5 Å². The van der Waals surface area contributed by atoms with Gasteiger partial charge >= 0.3 is 5.97 Å². The van der Waals surface area contributed by atoms with Gasteiger partial charge in [-0.1, -0.05) is 80.9 Å². The SMILES string of the molecule is C=C(C)C(=O)OCCOc1cc(CCO)ccc1-c1ccc(-c2ccc(CCCCC)cc2C)cc1. The van der Waals surface area contributed by atoms with Crippen molar-refractivity contribution < 1.29 is 19.4 Å². The lowest BCUT2D eigenvalue weighted by Crippen LogP contribution is -2.12. The number of aliphatic hydroxyl groups is 1. The van der Waals surface area contributed by atoms with Gasteiger partial charge in [-0.2, -0.15) is 0 Å². The summed E-state index contributed by atoms with van der Waals surface area (Å²) >= 11 is 0. The Morgan fingerprint density at radius 1 is 0.861 bits per heavy atom. The second kappa shape index (κ2) is 13.6. The average molecular weight is 487 g/mol. The minimum atomic E-state index is -0.423. The summed E-state index contributed by atoms with van der Waals surface area (Å²) < 4.78 is 11.2. The van der Waals surface area contributed by atoms with Crippen molar-refractivity contribution in [1.82, 2.24) is 0 Å². The van der Waals surface area contributed by atoms with Crippen molar-refractivity contribution in [3.63, 3.8) is 0 Å². The molecule has 0 aromatic heterocycles. The molecule has 0 saturated carbocycles.